The predicted molar refractivity (Wildman–Crippen MR) is 101 cm³/mol. The SMILES string of the molecule is O=C(Nc1cccc(CNCc2cccnc2)c1)c1ccccc1Cl. The minimum absolute atomic E-state index is 0.217. The maximum Gasteiger partial charge on any atom is 0.257 e. The lowest BCUT2D eigenvalue weighted by atomic mass is 10.1. The van der Waals surface area contributed by atoms with Crippen molar-refractivity contribution >= 4 is 23.2 Å². The molecule has 126 valence electrons. The van der Waals surface area contributed by atoms with Gasteiger partial charge in [0.25, 0.3) is 5.91 Å². The van der Waals surface area contributed by atoms with Gasteiger partial charge >= 0.3 is 0 Å². The molecule has 3 aromatic rings. The highest BCUT2D eigenvalue weighted by atomic mass is 35.5. The average Bonchev–Trinajstić information content (AvgIpc) is 2.63. The Labute approximate surface area is 151 Å². The van der Waals surface area contributed by atoms with Crippen molar-refractivity contribution in [2.75, 3.05) is 5.32 Å². The van der Waals surface area contributed by atoms with Crippen molar-refractivity contribution in [2.45, 2.75) is 13.1 Å². The van der Waals surface area contributed by atoms with Crippen LogP contribution in [-0.4, -0.2) is 10.9 Å². The number of carbonyl (C=O) groups excluding carboxylic acids is 1. The monoisotopic (exact) mass is 351 g/mol. The molecule has 1 aromatic heterocycles. The Kier molecular flexibility index (Phi) is 5.77. The number of hydrogen-bond donors (Lipinski definition) is 2. The lowest BCUT2D eigenvalue weighted by Gasteiger charge is -2.09. The van der Waals surface area contributed by atoms with Gasteiger partial charge in [0.1, 0.15) is 0 Å². The van der Waals surface area contributed by atoms with Crippen LogP contribution in [0.2, 0.25) is 5.02 Å². The third-order valence-electron chi connectivity index (χ3n) is 3.68. The second kappa shape index (κ2) is 8.42. The van der Waals surface area contributed by atoms with E-state index in [9.17, 15) is 4.79 Å². The molecule has 25 heavy (non-hydrogen) atoms. The van der Waals surface area contributed by atoms with Crippen molar-refractivity contribution in [1.29, 1.82) is 0 Å². The van der Waals surface area contributed by atoms with Crippen LogP contribution in [0.5, 0.6) is 0 Å². The summed E-state index contributed by atoms with van der Waals surface area (Å²) < 4.78 is 0. The summed E-state index contributed by atoms with van der Waals surface area (Å²) >= 11 is 6.07. The smallest absolute Gasteiger partial charge is 0.257 e. The molecule has 0 aliphatic heterocycles. The van der Waals surface area contributed by atoms with E-state index in [4.69, 9.17) is 11.6 Å². The van der Waals surface area contributed by atoms with Gasteiger partial charge in [-0.15, -0.1) is 0 Å². The van der Waals surface area contributed by atoms with E-state index in [2.05, 4.69) is 15.6 Å². The van der Waals surface area contributed by atoms with E-state index in [1.54, 1.807) is 30.5 Å². The molecule has 1 amide bonds. The number of nitrogens with one attached hydrogen (secondary N) is 2. The minimum Gasteiger partial charge on any atom is -0.322 e. The summed E-state index contributed by atoms with van der Waals surface area (Å²) in [6.45, 7) is 1.44. The van der Waals surface area contributed by atoms with E-state index in [0.717, 1.165) is 23.4 Å². The number of carbonyl (C=O) groups is 1. The van der Waals surface area contributed by atoms with E-state index in [1.807, 2.05) is 42.6 Å². The number of amides is 1. The summed E-state index contributed by atoms with van der Waals surface area (Å²) in [6, 6.07) is 18.7. The molecule has 5 heteroatoms. The second-order valence-electron chi connectivity index (χ2n) is 5.60. The summed E-state index contributed by atoms with van der Waals surface area (Å²) in [4.78, 5) is 16.4. The van der Waals surface area contributed by atoms with E-state index in [0.29, 0.717) is 17.1 Å². The molecule has 0 saturated carbocycles. The number of rotatable bonds is 6. The Morgan fingerprint density at radius 1 is 0.960 bits per heavy atom. The predicted octanol–water partition coefficient (Wildman–Crippen LogP) is 4.28. The van der Waals surface area contributed by atoms with Crippen LogP contribution in [0.1, 0.15) is 21.5 Å². The topological polar surface area (TPSA) is 54.0 Å². The van der Waals surface area contributed by atoms with Crippen LogP contribution in [0.3, 0.4) is 0 Å². The quantitative estimate of drug-likeness (QED) is 0.697. The molecule has 1 heterocycles. The van der Waals surface area contributed by atoms with Crippen molar-refractivity contribution in [1.82, 2.24) is 10.3 Å². The van der Waals surface area contributed by atoms with Crippen molar-refractivity contribution < 1.29 is 4.79 Å². The minimum atomic E-state index is -0.217. The molecular formula is C20H18ClN3O. The third kappa shape index (κ3) is 4.89. The van der Waals surface area contributed by atoms with E-state index >= 15 is 0 Å². The first-order chi connectivity index (χ1) is 12.2. The molecule has 4 nitrogen and oxygen atoms in total. The molecule has 0 atom stereocenters. The fourth-order valence-corrected chi connectivity index (χ4v) is 2.68. The number of benzene rings is 2. The lowest BCUT2D eigenvalue weighted by molar-refractivity contribution is 0.102. The highest BCUT2D eigenvalue weighted by Crippen LogP contribution is 2.18. The lowest BCUT2D eigenvalue weighted by Crippen LogP contribution is -2.14. The number of pyridine rings is 1. The van der Waals surface area contributed by atoms with E-state index in [-0.39, 0.29) is 5.91 Å². The van der Waals surface area contributed by atoms with Gasteiger partial charge in [0.05, 0.1) is 10.6 Å². The highest BCUT2D eigenvalue weighted by molar-refractivity contribution is 6.34. The van der Waals surface area contributed by atoms with Crippen molar-refractivity contribution in [3.05, 3.63) is 94.8 Å². The van der Waals surface area contributed by atoms with Crippen molar-refractivity contribution in [3.63, 3.8) is 0 Å². The Hall–Kier alpha value is -2.69. The number of aromatic nitrogens is 1. The maximum absolute atomic E-state index is 12.3. The fourth-order valence-electron chi connectivity index (χ4n) is 2.46. The van der Waals surface area contributed by atoms with Gasteiger partial charge < -0.3 is 10.6 Å². The largest absolute Gasteiger partial charge is 0.322 e. The molecule has 2 N–H and O–H groups in total. The molecule has 0 radical (unpaired) electrons. The second-order valence-corrected chi connectivity index (χ2v) is 6.01. The molecule has 3 rings (SSSR count). The third-order valence-corrected chi connectivity index (χ3v) is 4.01. The van der Waals surface area contributed by atoms with Crippen LogP contribution in [0.25, 0.3) is 0 Å². The number of halogens is 1. The van der Waals surface area contributed by atoms with Crippen LogP contribution >= 0.6 is 11.6 Å². The zero-order valence-electron chi connectivity index (χ0n) is 13.6. The fraction of sp³-hybridized carbons (Fsp3) is 0.100. The normalized spacial score (nSPS) is 10.4. The van der Waals surface area contributed by atoms with Crippen LogP contribution in [0, 0.1) is 0 Å². The van der Waals surface area contributed by atoms with Gasteiger partial charge in [-0.25, -0.2) is 0 Å². The van der Waals surface area contributed by atoms with Gasteiger partial charge in [0.2, 0.25) is 0 Å². The summed E-state index contributed by atoms with van der Waals surface area (Å²) in [5.74, 6) is -0.217. The molecule has 0 unspecified atom stereocenters. The van der Waals surface area contributed by atoms with Crippen LogP contribution in [0.4, 0.5) is 5.69 Å². The zero-order chi connectivity index (χ0) is 17.5. The van der Waals surface area contributed by atoms with Gasteiger partial charge in [-0.05, 0) is 41.5 Å². The summed E-state index contributed by atoms with van der Waals surface area (Å²) in [6.07, 6.45) is 3.60. The molecule has 2 aromatic carbocycles. The van der Waals surface area contributed by atoms with Gasteiger partial charge in [-0.1, -0.05) is 41.9 Å². The van der Waals surface area contributed by atoms with E-state index in [1.165, 1.54) is 0 Å². The van der Waals surface area contributed by atoms with Crippen LogP contribution in [-0.2, 0) is 13.1 Å². The Balaban J connectivity index is 1.59. The van der Waals surface area contributed by atoms with E-state index < -0.39 is 0 Å². The molecule has 0 spiro atoms. The number of anilines is 1. The average molecular weight is 352 g/mol. The van der Waals surface area contributed by atoms with Crippen LogP contribution in [0.15, 0.2) is 73.1 Å². The first-order valence-corrected chi connectivity index (χ1v) is 8.34. The van der Waals surface area contributed by atoms with Gasteiger partial charge in [0.15, 0.2) is 0 Å². The van der Waals surface area contributed by atoms with Crippen molar-refractivity contribution in [3.8, 4) is 0 Å². The molecule has 0 bridgehead atoms. The van der Waals surface area contributed by atoms with Gasteiger partial charge in [-0.2, -0.15) is 0 Å². The standard InChI is InChI=1S/C20H18ClN3O/c21-19-9-2-1-8-18(19)20(25)24-17-7-3-5-15(11-17)12-23-14-16-6-4-10-22-13-16/h1-11,13,23H,12,14H2,(H,24,25). The summed E-state index contributed by atoms with van der Waals surface area (Å²) in [7, 11) is 0. The van der Waals surface area contributed by atoms with Crippen LogP contribution < -0.4 is 10.6 Å². The Bertz CT molecular complexity index is 852. The molecule has 0 aliphatic rings. The van der Waals surface area contributed by atoms with Gasteiger partial charge in [-0.3, -0.25) is 9.78 Å². The molecule has 0 fully saturated rings. The Morgan fingerprint density at radius 3 is 2.56 bits per heavy atom. The number of nitrogens with zero attached hydrogens (tertiary/aromatic N) is 1. The summed E-state index contributed by atoms with van der Waals surface area (Å²) in [5, 5.41) is 6.69. The molecule has 0 aliphatic carbocycles. The first kappa shape index (κ1) is 17.1. The maximum atomic E-state index is 12.3. The Morgan fingerprint density at radius 2 is 1.76 bits per heavy atom. The van der Waals surface area contributed by atoms with Gasteiger partial charge in [0, 0.05) is 31.2 Å². The summed E-state index contributed by atoms with van der Waals surface area (Å²) in [5.41, 5.74) is 3.42. The number of hydrogen-bond acceptors (Lipinski definition) is 3. The zero-order valence-corrected chi connectivity index (χ0v) is 14.3. The molecule has 0 saturated heterocycles. The highest BCUT2D eigenvalue weighted by Gasteiger charge is 2.09. The molecular weight excluding hydrogens is 334 g/mol. The first-order valence-electron chi connectivity index (χ1n) is 7.97. The van der Waals surface area contributed by atoms with Crippen molar-refractivity contribution in [2.24, 2.45) is 0 Å².